The minimum Gasteiger partial charge on any atom is -0.394 e. The van der Waals surface area contributed by atoms with Crippen LogP contribution in [0.5, 0.6) is 0 Å². The minimum atomic E-state index is -1.54. The van der Waals surface area contributed by atoms with Crippen LogP contribution in [0, 0.1) is 5.92 Å². The Morgan fingerprint density at radius 2 is 2.12 bits per heavy atom. The first-order valence-electron chi connectivity index (χ1n) is 8.88. The van der Waals surface area contributed by atoms with Gasteiger partial charge in [0.2, 0.25) is 0 Å². The van der Waals surface area contributed by atoms with Crippen LogP contribution in [-0.2, 0) is 10.1 Å². The van der Waals surface area contributed by atoms with Crippen molar-refractivity contribution in [3.8, 4) is 0 Å². The molecule has 2 aromatic rings. The van der Waals surface area contributed by atoms with E-state index in [2.05, 4.69) is 35.0 Å². The van der Waals surface area contributed by atoms with Crippen LogP contribution in [0.25, 0.3) is 11.2 Å². The number of rotatable bonds is 6. The maximum absolute atomic E-state index is 10.8. The molecular formula is C16H27N5O3Si. The number of unbranched alkanes of at least 4 members (excludes halogenated alkanes) is 1. The number of aromatic nitrogens is 4. The molecule has 4 atom stereocenters. The molecule has 0 spiro atoms. The van der Waals surface area contributed by atoms with Crippen molar-refractivity contribution in [1.29, 1.82) is 0 Å². The lowest BCUT2D eigenvalue weighted by Gasteiger charge is -2.39. The van der Waals surface area contributed by atoms with Gasteiger partial charge in [-0.1, -0.05) is 32.9 Å². The second kappa shape index (κ2) is 6.98. The van der Waals surface area contributed by atoms with Gasteiger partial charge < -0.3 is 20.7 Å². The van der Waals surface area contributed by atoms with E-state index in [1.165, 1.54) is 6.33 Å². The number of aliphatic hydroxyl groups excluding tert-OH is 2. The van der Waals surface area contributed by atoms with Gasteiger partial charge in [-0.25, -0.2) is 15.0 Å². The highest BCUT2D eigenvalue weighted by atomic mass is 28.3. The predicted molar refractivity (Wildman–Crippen MR) is 97.6 cm³/mol. The fraction of sp³-hybridized carbons (Fsp3) is 0.688. The van der Waals surface area contributed by atoms with Crippen molar-refractivity contribution in [2.45, 2.75) is 56.8 Å². The highest BCUT2D eigenvalue weighted by Crippen LogP contribution is 2.46. The Bertz CT molecular complexity index is 740. The SMILES string of the molecule is CCCC[C@@H]1[C@H](O)[C@@H](CO)O[C@]1(n1cnc2c(N)ncnc21)[SiH](C)C. The summed E-state index contributed by atoms with van der Waals surface area (Å²) in [6.07, 6.45) is 4.62. The molecule has 1 aliphatic heterocycles. The fourth-order valence-corrected chi connectivity index (χ4v) is 6.45. The van der Waals surface area contributed by atoms with Gasteiger partial charge in [-0.3, -0.25) is 4.57 Å². The number of nitrogens with zero attached hydrogens (tertiary/aromatic N) is 4. The number of ether oxygens (including phenoxy) is 1. The smallest absolute Gasteiger partial charge is 0.167 e. The summed E-state index contributed by atoms with van der Waals surface area (Å²) in [6, 6.07) is 0. The van der Waals surface area contributed by atoms with Gasteiger partial charge >= 0.3 is 0 Å². The van der Waals surface area contributed by atoms with Gasteiger partial charge in [0.15, 0.2) is 11.5 Å². The Morgan fingerprint density at radius 1 is 1.36 bits per heavy atom. The summed E-state index contributed by atoms with van der Waals surface area (Å²) in [7, 11) is -1.54. The summed E-state index contributed by atoms with van der Waals surface area (Å²) in [5, 5.41) is 19.8. The molecule has 0 amide bonds. The third-order valence-corrected chi connectivity index (χ3v) is 7.78. The maximum Gasteiger partial charge on any atom is 0.167 e. The number of fused-ring (bicyclic) bond motifs is 1. The molecular weight excluding hydrogens is 338 g/mol. The highest BCUT2D eigenvalue weighted by molar-refractivity contribution is 6.58. The highest BCUT2D eigenvalue weighted by Gasteiger charge is 2.57. The van der Waals surface area contributed by atoms with Gasteiger partial charge in [0.1, 0.15) is 23.3 Å². The molecule has 4 N–H and O–H groups in total. The van der Waals surface area contributed by atoms with Crippen molar-refractivity contribution in [3.63, 3.8) is 0 Å². The Balaban J connectivity index is 2.18. The standard InChI is InChI=1S/C16H27N5O3Si/c1-4-5-6-10-13(23)11(7-22)24-16(10,25(2)3)21-9-20-12-14(17)18-8-19-15(12)21/h8-11,13,22-23,25H,4-7H2,1-3H3,(H2,17,18,19)/t10-,11-,13+,16+/m1/s1. The summed E-state index contributed by atoms with van der Waals surface area (Å²) in [5.41, 5.74) is 7.09. The molecule has 0 radical (unpaired) electrons. The lowest BCUT2D eigenvalue weighted by Crippen LogP contribution is -2.51. The zero-order valence-corrected chi connectivity index (χ0v) is 16.1. The molecule has 1 aliphatic rings. The monoisotopic (exact) mass is 365 g/mol. The van der Waals surface area contributed by atoms with Crippen molar-refractivity contribution in [3.05, 3.63) is 12.7 Å². The van der Waals surface area contributed by atoms with E-state index in [1.54, 1.807) is 6.33 Å². The lowest BCUT2D eigenvalue weighted by atomic mass is 9.93. The van der Waals surface area contributed by atoms with E-state index in [-0.39, 0.29) is 12.5 Å². The second-order valence-electron chi connectivity index (χ2n) is 7.03. The van der Waals surface area contributed by atoms with Gasteiger partial charge in [-0.05, 0) is 6.42 Å². The average Bonchev–Trinajstić information content (AvgIpc) is 3.14. The number of hydrogen-bond acceptors (Lipinski definition) is 7. The molecule has 1 saturated heterocycles. The van der Waals surface area contributed by atoms with E-state index in [0.29, 0.717) is 17.0 Å². The largest absolute Gasteiger partial charge is 0.394 e. The van der Waals surface area contributed by atoms with Gasteiger partial charge in [-0.2, -0.15) is 0 Å². The molecule has 3 rings (SSSR count). The topological polar surface area (TPSA) is 119 Å². The van der Waals surface area contributed by atoms with E-state index in [0.717, 1.165) is 19.3 Å². The summed E-state index contributed by atoms with van der Waals surface area (Å²) >= 11 is 0. The summed E-state index contributed by atoms with van der Waals surface area (Å²) < 4.78 is 8.28. The van der Waals surface area contributed by atoms with E-state index in [4.69, 9.17) is 10.5 Å². The fourth-order valence-electron chi connectivity index (χ4n) is 4.04. The molecule has 2 aromatic heterocycles. The van der Waals surface area contributed by atoms with Crippen molar-refractivity contribution >= 4 is 25.8 Å². The molecule has 0 bridgehead atoms. The maximum atomic E-state index is 10.8. The van der Waals surface area contributed by atoms with Crippen LogP contribution in [0.3, 0.4) is 0 Å². The van der Waals surface area contributed by atoms with Crippen molar-refractivity contribution in [2.75, 3.05) is 12.3 Å². The Kier molecular flexibility index (Phi) is 5.10. The number of nitrogens with two attached hydrogens (primary N) is 1. The van der Waals surface area contributed by atoms with E-state index >= 15 is 0 Å². The predicted octanol–water partition coefficient (Wildman–Crippen LogP) is 0.646. The van der Waals surface area contributed by atoms with Crippen LogP contribution in [0.15, 0.2) is 12.7 Å². The van der Waals surface area contributed by atoms with Crippen LogP contribution >= 0.6 is 0 Å². The number of nitrogen functional groups attached to an aromatic ring is 1. The molecule has 3 heterocycles. The summed E-state index contributed by atoms with van der Waals surface area (Å²) in [4.78, 5) is 12.8. The number of imidazole rings is 1. The molecule has 0 aromatic carbocycles. The molecule has 138 valence electrons. The Morgan fingerprint density at radius 3 is 2.76 bits per heavy atom. The van der Waals surface area contributed by atoms with Crippen molar-refractivity contribution in [1.82, 2.24) is 19.5 Å². The van der Waals surface area contributed by atoms with Gasteiger partial charge in [0.25, 0.3) is 0 Å². The molecule has 8 nitrogen and oxygen atoms in total. The molecule has 1 fully saturated rings. The molecule has 9 heteroatoms. The molecule has 0 saturated carbocycles. The molecule has 0 unspecified atom stereocenters. The Labute approximate surface area is 148 Å². The van der Waals surface area contributed by atoms with Gasteiger partial charge in [-0.15, -0.1) is 0 Å². The zero-order chi connectivity index (χ0) is 18.2. The van der Waals surface area contributed by atoms with Crippen molar-refractivity contribution in [2.24, 2.45) is 5.92 Å². The third kappa shape index (κ3) is 2.75. The number of anilines is 1. The second-order valence-corrected chi connectivity index (χ2v) is 10.2. The lowest BCUT2D eigenvalue weighted by molar-refractivity contribution is -0.0767. The Hall–Kier alpha value is -1.55. The first-order chi connectivity index (χ1) is 12.0. The zero-order valence-electron chi connectivity index (χ0n) is 15.0. The van der Waals surface area contributed by atoms with Crippen LogP contribution in [0.4, 0.5) is 5.82 Å². The van der Waals surface area contributed by atoms with Gasteiger partial charge in [0.05, 0.1) is 27.8 Å². The van der Waals surface area contributed by atoms with Crippen molar-refractivity contribution < 1.29 is 14.9 Å². The van der Waals surface area contributed by atoms with Crippen LogP contribution < -0.4 is 5.73 Å². The molecule has 0 aliphatic carbocycles. The summed E-state index contributed by atoms with van der Waals surface area (Å²) in [5.74, 6) is 0.205. The van der Waals surface area contributed by atoms with E-state index in [9.17, 15) is 10.2 Å². The van der Waals surface area contributed by atoms with E-state index in [1.807, 2.05) is 4.57 Å². The number of aliphatic hydroxyl groups is 2. The first kappa shape index (κ1) is 18.2. The van der Waals surface area contributed by atoms with Crippen LogP contribution in [0.1, 0.15) is 26.2 Å². The number of hydrogen-bond donors (Lipinski definition) is 3. The average molecular weight is 366 g/mol. The normalized spacial score (nSPS) is 29.8. The first-order valence-corrected chi connectivity index (χ1v) is 11.8. The third-order valence-electron chi connectivity index (χ3n) is 5.28. The van der Waals surface area contributed by atoms with Gasteiger partial charge in [0, 0.05) is 5.92 Å². The quantitative estimate of drug-likeness (QED) is 0.643. The minimum absolute atomic E-state index is 0.121. The van der Waals surface area contributed by atoms with Crippen LogP contribution in [0.2, 0.25) is 13.1 Å². The summed E-state index contributed by atoms with van der Waals surface area (Å²) in [6.45, 7) is 6.28. The van der Waals surface area contributed by atoms with E-state index < -0.39 is 26.4 Å². The molecule has 25 heavy (non-hydrogen) atoms. The van der Waals surface area contributed by atoms with Crippen LogP contribution in [-0.4, -0.2) is 57.3 Å².